The lowest BCUT2D eigenvalue weighted by molar-refractivity contribution is -0.119. The van der Waals surface area contributed by atoms with Crippen molar-refractivity contribution in [3.05, 3.63) is 29.3 Å². The molecular formula is C13H18Cl2N2OS. The molecule has 0 aromatic heterocycles. The molecule has 0 radical (unpaired) electrons. The van der Waals surface area contributed by atoms with Crippen LogP contribution in [0.2, 0.25) is 5.02 Å². The van der Waals surface area contributed by atoms with Gasteiger partial charge in [-0.25, -0.2) is 0 Å². The van der Waals surface area contributed by atoms with Gasteiger partial charge in [-0.05, 0) is 43.7 Å². The Kier molecular flexibility index (Phi) is 7.61. The van der Waals surface area contributed by atoms with Gasteiger partial charge in [-0.15, -0.1) is 24.2 Å². The number of hydrogen-bond donors (Lipinski definition) is 2. The molecule has 19 heavy (non-hydrogen) atoms. The fraction of sp³-hybridized carbons (Fsp3) is 0.462. The summed E-state index contributed by atoms with van der Waals surface area (Å²) in [6.45, 7) is 1.95. The van der Waals surface area contributed by atoms with E-state index in [1.165, 1.54) is 11.8 Å². The molecule has 6 heteroatoms. The van der Waals surface area contributed by atoms with Crippen molar-refractivity contribution in [2.75, 3.05) is 18.8 Å². The van der Waals surface area contributed by atoms with Crippen molar-refractivity contribution in [1.29, 1.82) is 0 Å². The van der Waals surface area contributed by atoms with Gasteiger partial charge in [0.2, 0.25) is 5.91 Å². The molecule has 1 saturated heterocycles. The number of thioether (sulfide) groups is 1. The predicted octanol–water partition coefficient (Wildman–Crippen LogP) is 2.72. The molecule has 2 N–H and O–H groups in total. The van der Waals surface area contributed by atoms with E-state index in [2.05, 4.69) is 10.6 Å². The van der Waals surface area contributed by atoms with Gasteiger partial charge in [0, 0.05) is 22.5 Å². The van der Waals surface area contributed by atoms with Gasteiger partial charge in [0.1, 0.15) is 0 Å². The van der Waals surface area contributed by atoms with Crippen molar-refractivity contribution in [2.45, 2.75) is 23.8 Å². The zero-order valence-corrected chi connectivity index (χ0v) is 12.9. The minimum Gasteiger partial charge on any atom is -0.351 e. The highest BCUT2D eigenvalue weighted by Gasteiger charge is 2.15. The van der Waals surface area contributed by atoms with Crippen molar-refractivity contribution in [3.8, 4) is 0 Å². The maximum atomic E-state index is 11.8. The third-order valence-electron chi connectivity index (χ3n) is 2.85. The summed E-state index contributed by atoms with van der Waals surface area (Å²) in [5.74, 6) is 0.557. The van der Waals surface area contributed by atoms with Gasteiger partial charge in [0.25, 0.3) is 0 Å². The van der Waals surface area contributed by atoms with Crippen LogP contribution in [0.15, 0.2) is 29.2 Å². The zero-order chi connectivity index (χ0) is 12.8. The average molecular weight is 321 g/mol. The second kappa shape index (κ2) is 8.69. The van der Waals surface area contributed by atoms with Gasteiger partial charge < -0.3 is 10.6 Å². The highest BCUT2D eigenvalue weighted by Crippen LogP contribution is 2.20. The molecule has 1 aliphatic heterocycles. The molecule has 1 heterocycles. The summed E-state index contributed by atoms with van der Waals surface area (Å²) in [4.78, 5) is 12.8. The number of benzene rings is 1. The lowest BCUT2D eigenvalue weighted by atomic mass is 10.1. The van der Waals surface area contributed by atoms with E-state index >= 15 is 0 Å². The van der Waals surface area contributed by atoms with Crippen LogP contribution in [0.4, 0.5) is 0 Å². The lowest BCUT2D eigenvalue weighted by Crippen LogP contribution is -2.46. The molecule has 1 amide bonds. The van der Waals surface area contributed by atoms with E-state index in [1.54, 1.807) is 0 Å². The number of hydrogen-bond acceptors (Lipinski definition) is 3. The Labute approximate surface area is 129 Å². The van der Waals surface area contributed by atoms with Crippen molar-refractivity contribution in [1.82, 2.24) is 10.6 Å². The Balaban J connectivity index is 0.00000180. The number of amides is 1. The van der Waals surface area contributed by atoms with Crippen LogP contribution in [-0.4, -0.2) is 30.8 Å². The van der Waals surface area contributed by atoms with E-state index in [4.69, 9.17) is 11.6 Å². The quantitative estimate of drug-likeness (QED) is 0.838. The minimum absolute atomic E-state index is 0. The maximum absolute atomic E-state index is 11.8. The molecule has 2 rings (SSSR count). The first kappa shape index (κ1) is 16.6. The van der Waals surface area contributed by atoms with Crippen molar-refractivity contribution >= 4 is 41.7 Å². The van der Waals surface area contributed by atoms with E-state index in [-0.39, 0.29) is 24.4 Å². The molecule has 1 atom stereocenters. The number of piperidine rings is 1. The van der Waals surface area contributed by atoms with Crippen LogP contribution in [-0.2, 0) is 4.79 Å². The summed E-state index contributed by atoms with van der Waals surface area (Å²) < 4.78 is 0. The molecular weight excluding hydrogens is 303 g/mol. The van der Waals surface area contributed by atoms with Gasteiger partial charge in [-0.2, -0.15) is 0 Å². The summed E-state index contributed by atoms with van der Waals surface area (Å²) in [6, 6.07) is 7.84. The molecule has 3 nitrogen and oxygen atoms in total. The third-order valence-corrected chi connectivity index (χ3v) is 4.11. The molecule has 1 unspecified atom stereocenters. The number of carbonyl (C=O) groups is 1. The van der Waals surface area contributed by atoms with Crippen LogP contribution in [0.1, 0.15) is 12.8 Å². The summed E-state index contributed by atoms with van der Waals surface area (Å²) in [5, 5.41) is 7.06. The smallest absolute Gasteiger partial charge is 0.230 e. The van der Waals surface area contributed by atoms with Crippen LogP contribution in [0.5, 0.6) is 0 Å². The minimum atomic E-state index is 0. The van der Waals surface area contributed by atoms with Gasteiger partial charge in [0.05, 0.1) is 5.75 Å². The molecule has 0 bridgehead atoms. The maximum Gasteiger partial charge on any atom is 0.230 e. The van der Waals surface area contributed by atoms with Crippen LogP contribution >= 0.6 is 35.8 Å². The van der Waals surface area contributed by atoms with Crippen molar-refractivity contribution in [3.63, 3.8) is 0 Å². The molecule has 1 aromatic rings. The van der Waals surface area contributed by atoms with E-state index in [1.807, 2.05) is 24.3 Å². The Morgan fingerprint density at radius 3 is 2.79 bits per heavy atom. The van der Waals surface area contributed by atoms with Crippen LogP contribution in [0.3, 0.4) is 0 Å². The topological polar surface area (TPSA) is 41.1 Å². The van der Waals surface area contributed by atoms with E-state index in [0.717, 1.165) is 35.8 Å². The fourth-order valence-electron chi connectivity index (χ4n) is 1.92. The summed E-state index contributed by atoms with van der Waals surface area (Å²) in [5.41, 5.74) is 0. The normalized spacial score (nSPS) is 18.5. The van der Waals surface area contributed by atoms with Gasteiger partial charge in [-0.1, -0.05) is 11.6 Å². The molecule has 1 fully saturated rings. The summed E-state index contributed by atoms with van der Waals surface area (Å²) in [7, 11) is 0. The summed E-state index contributed by atoms with van der Waals surface area (Å²) >= 11 is 7.34. The Hall–Kier alpha value is -0.420. The largest absolute Gasteiger partial charge is 0.351 e. The number of rotatable bonds is 4. The van der Waals surface area contributed by atoms with Gasteiger partial charge in [0.15, 0.2) is 0 Å². The lowest BCUT2D eigenvalue weighted by Gasteiger charge is -2.23. The second-order valence-electron chi connectivity index (χ2n) is 4.35. The highest BCUT2D eigenvalue weighted by atomic mass is 35.5. The standard InChI is InChI=1S/C13H17ClN2OS.ClH/c14-10-3-5-12(6-4-10)18-9-13(17)16-11-2-1-7-15-8-11;/h3-6,11,15H,1-2,7-9H2,(H,16,17);1H. The second-order valence-corrected chi connectivity index (χ2v) is 5.84. The van der Waals surface area contributed by atoms with Crippen LogP contribution < -0.4 is 10.6 Å². The average Bonchev–Trinajstić information content (AvgIpc) is 2.39. The van der Waals surface area contributed by atoms with Crippen molar-refractivity contribution < 1.29 is 4.79 Å². The Morgan fingerprint density at radius 1 is 1.42 bits per heavy atom. The summed E-state index contributed by atoms with van der Waals surface area (Å²) in [6.07, 6.45) is 2.21. The number of halogens is 2. The molecule has 1 aliphatic rings. The Bertz CT molecular complexity index is 394. The molecule has 106 valence electrons. The van der Waals surface area contributed by atoms with E-state index < -0.39 is 0 Å². The SMILES string of the molecule is Cl.O=C(CSc1ccc(Cl)cc1)NC1CCCNC1. The first-order chi connectivity index (χ1) is 8.74. The predicted molar refractivity (Wildman–Crippen MR) is 83.5 cm³/mol. The molecule has 0 aliphatic carbocycles. The van der Waals surface area contributed by atoms with Crippen molar-refractivity contribution in [2.24, 2.45) is 0 Å². The molecule has 0 saturated carbocycles. The molecule has 1 aromatic carbocycles. The first-order valence-corrected chi connectivity index (χ1v) is 7.49. The monoisotopic (exact) mass is 320 g/mol. The van der Waals surface area contributed by atoms with Crippen LogP contribution in [0, 0.1) is 0 Å². The fourth-order valence-corrected chi connectivity index (χ4v) is 2.76. The van der Waals surface area contributed by atoms with Gasteiger partial charge in [-0.3, -0.25) is 4.79 Å². The molecule has 0 spiro atoms. The third kappa shape index (κ3) is 6.04. The van der Waals surface area contributed by atoms with E-state index in [0.29, 0.717) is 5.75 Å². The van der Waals surface area contributed by atoms with Crippen LogP contribution in [0.25, 0.3) is 0 Å². The highest BCUT2D eigenvalue weighted by molar-refractivity contribution is 8.00. The van der Waals surface area contributed by atoms with Gasteiger partial charge >= 0.3 is 0 Å². The number of carbonyl (C=O) groups excluding carboxylic acids is 1. The Morgan fingerprint density at radius 2 is 2.16 bits per heavy atom. The van der Waals surface area contributed by atoms with E-state index in [9.17, 15) is 4.79 Å². The number of nitrogens with one attached hydrogen (secondary N) is 2. The zero-order valence-electron chi connectivity index (χ0n) is 10.5. The first-order valence-electron chi connectivity index (χ1n) is 6.12.